The maximum Gasteiger partial charge on any atom is 0.212 e. The second-order valence-corrected chi connectivity index (χ2v) is 6.68. The minimum Gasteiger partial charge on any atom is -0.245 e. The van der Waals surface area contributed by atoms with E-state index in [1.807, 2.05) is 48.5 Å². The van der Waals surface area contributed by atoms with Crippen LogP contribution >= 0.6 is 11.8 Å². The van der Waals surface area contributed by atoms with Crippen molar-refractivity contribution in [1.29, 1.82) is 0 Å². The van der Waals surface area contributed by atoms with Crippen LogP contribution in [-0.2, 0) is 12.3 Å². The highest BCUT2D eigenvalue weighted by atomic mass is 32.2. The Morgan fingerprint density at radius 1 is 0.963 bits per heavy atom. The topological polar surface area (TPSA) is 73.8 Å². The Morgan fingerprint density at radius 3 is 2.48 bits per heavy atom. The molecule has 0 aliphatic rings. The van der Waals surface area contributed by atoms with Gasteiger partial charge in [-0.1, -0.05) is 72.4 Å². The van der Waals surface area contributed by atoms with Gasteiger partial charge in [0.15, 0.2) is 5.82 Å². The molecule has 7 nitrogen and oxygen atoms in total. The second-order valence-electron chi connectivity index (χ2n) is 5.73. The molecule has 0 aliphatic carbocycles. The monoisotopic (exact) mass is 375 g/mol. The number of aromatic nitrogens is 6. The first-order valence-corrected chi connectivity index (χ1v) is 9.40. The Hall–Kier alpha value is -3.26. The van der Waals surface area contributed by atoms with Gasteiger partial charge in [0.2, 0.25) is 5.16 Å². The van der Waals surface area contributed by atoms with Crippen molar-refractivity contribution in [2.75, 3.05) is 0 Å². The Bertz CT molecular complexity index is 995. The van der Waals surface area contributed by atoms with E-state index in [1.165, 1.54) is 11.9 Å². The van der Waals surface area contributed by atoms with Crippen LogP contribution in [0.4, 0.5) is 0 Å². The number of nitrogens with zero attached hydrogens (tertiary/aromatic N) is 7. The van der Waals surface area contributed by atoms with E-state index in [9.17, 15) is 0 Å². The summed E-state index contributed by atoms with van der Waals surface area (Å²) in [6, 6.07) is 20.2. The molecule has 0 atom stereocenters. The van der Waals surface area contributed by atoms with Gasteiger partial charge in [0.05, 0.1) is 6.21 Å². The minimum absolute atomic E-state index is 0.449. The van der Waals surface area contributed by atoms with E-state index < -0.39 is 0 Å². The SMILES string of the molecule is C(=Nn1c(Cn2cncn2)nnc1SCc1ccccc1)c1ccccc1. The Morgan fingerprint density at radius 2 is 1.74 bits per heavy atom. The van der Waals surface area contributed by atoms with Gasteiger partial charge in [0.1, 0.15) is 19.2 Å². The van der Waals surface area contributed by atoms with Crippen molar-refractivity contribution >= 4 is 18.0 Å². The summed E-state index contributed by atoms with van der Waals surface area (Å²) < 4.78 is 3.46. The number of benzene rings is 2. The highest BCUT2D eigenvalue weighted by Gasteiger charge is 2.13. The van der Waals surface area contributed by atoms with Crippen LogP contribution in [-0.4, -0.2) is 35.9 Å². The van der Waals surface area contributed by atoms with Crippen LogP contribution in [0.3, 0.4) is 0 Å². The van der Waals surface area contributed by atoms with E-state index in [1.54, 1.807) is 33.7 Å². The van der Waals surface area contributed by atoms with Gasteiger partial charge in [0, 0.05) is 5.75 Å². The van der Waals surface area contributed by atoms with E-state index in [4.69, 9.17) is 0 Å². The molecular formula is C19H17N7S. The Balaban J connectivity index is 1.59. The molecule has 0 bridgehead atoms. The zero-order valence-electron chi connectivity index (χ0n) is 14.5. The summed E-state index contributed by atoms with van der Waals surface area (Å²) in [6.07, 6.45) is 4.95. The molecule has 0 radical (unpaired) electrons. The minimum atomic E-state index is 0.449. The van der Waals surface area contributed by atoms with Crippen LogP contribution in [0.25, 0.3) is 0 Å². The first kappa shape index (κ1) is 17.2. The molecule has 8 heteroatoms. The predicted octanol–water partition coefficient (Wildman–Crippen LogP) is 3.09. The molecule has 2 aromatic heterocycles. The van der Waals surface area contributed by atoms with Crippen molar-refractivity contribution in [3.8, 4) is 0 Å². The summed E-state index contributed by atoms with van der Waals surface area (Å²) in [4.78, 5) is 3.98. The van der Waals surface area contributed by atoms with Crippen LogP contribution in [0.15, 0.2) is 83.6 Å². The summed E-state index contributed by atoms with van der Waals surface area (Å²) in [7, 11) is 0. The summed E-state index contributed by atoms with van der Waals surface area (Å²) in [5.41, 5.74) is 2.24. The first-order valence-electron chi connectivity index (χ1n) is 8.41. The van der Waals surface area contributed by atoms with Crippen molar-refractivity contribution in [2.24, 2.45) is 5.10 Å². The molecule has 0 N–H and O–H groups in total. The lowest BCUT2D eigenvalue weighted by Crippen LogP contribution is -2.07. The lowest BCUT2D eigenvalue weighted by molar-refractivity contribution is 0.613. The van der Waals surface area contributed by atoms with Crippen molar-refractivity contribution < 1.29 is 0 Å². The largest absolute Gasteiger partial charge is 0.245 e. The molecule has 2 heterocycles. The maximum atomic E-state index is 4.61. The fourth-order valence-corrected chi connectivity index (χ4v) is 3.31. The molecule has 0 saturated heterocycles. The molecule has 0 aliphatic heterocycles. The molecule has 4 rings (SSSR count). The van der Waals surface area contributed by atoms with Gasteiger partial charge in [-0.3, -0.25) is 0 Å². The second kappa shape index (κ2) is 8.41. The van der Waals surface area contributed by atoms with Crippen molar-refractivity contribution in [3.05, 3.63) is 90.3 Å². The van der Waals surface area contributed by atoms with Crippen LogP contribution < -0.4 is 0 Å². The first-order chi connectivity index (χ1) is 13.4. The Labute approximate surface area is 160 Å². The van der Waals surface area contributed by atoms with Crippen LogP contribution in [0, 0.1) is 0 Å². The quantitative estimate of drug-likeness (QED) is 0.367. The highest BCUT2D eigenvalue weighted by Crippen LogP contribution is 2.22. The fourth-order valence-electron chi connectivity index (χ4n) is 2.45. The maximum absolute atomic E-state index is 4.61. The van der Waals surface area contributed by atoms with Gasteiger partial charge in [-0.2, -0.15) is 14.9 Å². The average molecular weight is 375 g/mol. The van der Waals surface area contributed by atoms with Gasteiger partial charge in [-0.25, -0.2) is 9.67 Å². The molecule has 0 unspecified atom stereocenters. The summed E-state index contributed by atoms with van der Waals surface area (Å²) in [5, 5.41) is 18.1. The third-order valence-electron chi connectivity index (χ3n) is 3.78. The molecule has 0 fully saturated rings. The van der Waals surface area contributed by atoms with Gasteiger partial charge in [-0.15, -0.1) is 10.2 Å². The lowest BCUT2D eigenvalue weighted by Gasteiger charge is -2.05. The summed E-state index contributed by atoms with van der Waals surface area (Å²) in [5.74, 6) is 1.49. The van der Waals surface area contributed by atoms with Gasteiger partial charge in [-0.05, 0) is 11.1 Å². The third kappa shape index (κ3) is 4.48. The smallest absolute Gasteiger partial charge is 0.212 e. The van der Waals surface area contributed by atoms with Crippen molar-refractivity contribution in [2.45, 2.75) is 17.5 Å². The van der Waals surface area contributed by atoms with E-state index in [0.717, 1.165) is 16.5 Å². The Kier molecular flexibility index (Phi) is 5.35. The lowest BCUT2D eigenvalue weighted by atomic mass is 10.2. The van der Waals surface area contributed by atoms with Crippen LogP contribution in [0.5, 0.6) is 0 Å². The van der Waals surface area contributed by atoms with E-state index in [0.29, 0.717) is 12.4 Å². The molecule has 0 amide bonds. The summed E-state index contributed by atoms with van der Waals surface area (Å²) >= 11 is 1.60. The zero-order valence-corrected chi connectivity index (χ0v) is 15.3. The number of hydrogen-bond acceptors (Lipinski definition) is 6. The average Bonchev–Trinajstić information content (AvgIpc) is 3.37. The van der Waals surface area contributed by atoms with Crippen molar-refractivity contribution in [1.82, 2.24) is 29.6 Å². The normalized spacial score (nSPS) is 11.3. The fraction of sp³-hybridized carbons (Fsp3) is 0.105. The molecular weight excluding hydrogens is 358 g/mol. The van der Waals surface area contributed by atoms with Crippen molar-refractivity contribution in [3.63, 3.8) is 0 Å². The molecule has 134 valence electrons. The van der Waals surface area contributed by atoms with E-state index in [2.05, 4.69) is 37.5 Å². The standard InChI is InChI=1S/C19H17N7S/c1-3-7-16(8-4-1)11-21-26-18(12-25-15-20-14-22-25)23-24-19(26)27-13-17-9-5-2-6-10-17/h1-11,14-15H,12-13H2. The zero-order chi connectivity index (χ0) is 18.3. The van der Waals surface area contributed by atoms with Crippen LogP contribution in [0.1, 0.15) is 17.0 Å². The van der Waals surface area contributed by atoms with Gasteiger partial charge >= 0.3 is 0 Å². The molecule has 27 heavy (non-hydrogen) atoms. The van der Waals surface area contributed by atoms with E-state index >= 15 is 0 Å². The number of hydrogen-bond donors (Lipinski definition) is 0. The molecule has 2 aromatic carbocycles. The summed E-state index contributed by atoms with van der Waals surface area (Å²) in [6.45, 7) is 0.449. The third-order valence-corrected chi connectivity index (χ3v) is 4.77. The molecule has 0 saturated carbocycles. The highest BCUT2D eigenvalue weighted by molar-refractivity contribution is 7.98. The van der Waals surface area contributed by atoms with Gasteiger partial charge in [0.25, 0.3) is 0 Å². The predicted molar refractivity (Wildman–Crippen MR) is 105 cm³/mol. The van der Waals surface area contributed by atoms with Crippen LogP contribution in [0.2, 0.25) is 0 Å². The molecule has 4 aromatic rings. The number of thioether (sulfide) groups is 1. The van der Waals surface area contributed by atoms with E-state index in [-0.39, 0.29) is 0 Å². The number of rotatable bonds is 7. The van der Waals surface area contributed by atoms with Gasteiger partial charge < -0.3 is 0 Å². The molecule has 0 spiro atoms.